The summed E-state index contributed by atoms with van der Waals surface area (Å²) in [4.78, 5) is 18.1. The van der Waals surface area contributed by atoms with Gasteiger partial charge in [0.05, 0.1) is 5.60 Å². The summed E-state index contributed by atoms with van der Waals surface area (Å²) in [6.07, 6.45) is 1.87. The second-order valence-electron chi connectivity index (χ2n) is 5.09. The van der Waals surface area contributed by atoms with E-state index in [0.717, 1.165) is 19.4 Å². The van der Waals surface area contributed by atoms with Crippen LogP contribution in [0.5, 0.6) is 0 Å². The Hall–Kier alpha value is -1.33. The molecule has 104 valence electrons. The summed E-state index contributed by atoms with van der Waals surface area (Å²) in [5, 5.41) is 0.231. The van der Waals surface area contributed by atoms with Crippen molar-refractivity contribution in [3.8, 4) is 0 Å². The van der Waals surface area contributed by atoms with Crippen molar-refractivity contribution in [3.63, 3.8) is 0 Å². The molecule has 6 heteroatoms. The largest absolute Gasteiger partial charge is 0.384 e. The summed E-state index contributed by atoms with van der Waals surface area (Å²) < 4.78 is 5.49. The van der Waals surface area contributed by atoms with Gasteiger partial charge < -0.3 is 15.4 Å². The summed E-state index contributed by atoms with van der Waals surface area (Å²) in [7, 11) is 1.68. The molecule has 0 aromatic carbocycles. The Morgan fingerprint density at radius 3 is 2.95 bits per heavy atom. The van der Waals surface area contributed by atoms with Crippen molar-refractivity contribution in [1.29, 1.82) is 0 Å². The highest BCUT2D eigenvalue weighted by Crippen LogP contribution is 2.25. The molecule has 1 aliphatic heterocycles. The normalized spacial score (nSPS) is 23.4. The standard InChI is InChI=1S/C13H18ClN3O2/c1-13(19-2)4-3-5-17(8-13)12(18)9-6-10(14)16-11(15)7-9/h6-7H,3-5,8H2,1-2H3,(H2,15,16). The van der Waals surface area contributed by atoms with Crippen molar-refractivity contribution >= 4 is 23.3 Å². The van der Waals surface area contributed by atoms with Gasteiger partial charge in [-0.15, -0.1) is 0 Å². The van der Waals surface area contributed by atoms with E-state index < -0.39 is 0 Å². The molecule has 1 saturated heterocycles. The number of piperidine rings is 1. The Bertz CT molecular complexity index is 475. The summed E-state index contributed by atoms with van der Waals surface area (Å²) in [5.41, 5.74) is 5.80. The number of hydrogen-bond acceptors (Lipinski definition) is 4. The summed E-state index contributed by atoms with van der Waals surface area (Å²) in [6.45, 7) is 3.31. The molecule has 0 aliphatic carbocycles. The lowest BCUT2D eigenvalue weighted by Gasteiger charge is -2.39. The number of aromatic nitrogens is 1. The first kappa shape index (κ1) is 14.1. The molecular weight excluding hydrogens is 266 g/mol. The smallest absolute Gasteiger partial charge is 0.254 e. The fourth-order valence-electron chi connectivity index (χ4n) is 2.37. The number of nitrogens with zero attached hydrogens (tertiary/aromatic N) is 2. The minimum Gasteiger partial charge on any atom is -0.384 e. The number of methoxy groups -OCH3 is 1. The molecule has 1 amide bonds. The molecule has 0 radical (unpaired) electrons. The van der Waals surface area contributed by atoms with E-state index in [4.69, 9.17) is 22.1 Å². The molecule has 1 fully saturated rings. The highest BCUT2D eigenvalue weighted by molar-refractivity contribution is 6.29. The van der Waals surface area contributed by atoms with E-state index >= 15 is 0 Å². The molecule has 1 unspecified atom stereocenters. The predicted molar refractivity (Wildman–Crippen MR) is 74.2 cm³/mol. The number of amides is 1. The fraction of sp³-hybridized carbons (Fsp3) is 0.538. The number of likely N-dealkylation sites (tertiary alicyclic amines) is 1. The van der Waals surface area contributed by atoms with E-state index in [9.17, 15) is 4.79 Å². The zero-order chi connectivity index (χ0) is 14.0. The van der Waals surface area contributed by atoms with Crippen molar-refractivity contribution in [2.45, 2.75) is 25.4 Å². The van der Waals surface area contributed by atoms with Gasteiger partial charge in [-0.1, -0.05) is 11.6 Å². The monoisotopic (exact) mass is 283 g/mol. The highest BCUT2D eigenvalue weighted by Gasteiger charge is 2.33. The minimum absolute atomic E-state index is 0.0843. The fourth-order valence-corrected chi connectivity index (χ4v) is 2.58. The first-order valence-corrected chi connectivity index (χ1v) is 6.59. The van der Waals surface area contributed by atoms with Crippen LogP contribution < -0.4 is 5.73 Å². The van der Waals surface area contributed by atoms with Gasteiger partial charge in [-0.3, -0.25) is 4.79 Å². The van der Waals surface area contributed by atoms with E-state index in [2.05, 4.69) is 4.98 Å². The maximum atomic E-state index is 12.4. The molecule has 1 aromatic heterocycles. The zero-order valence-electron chi connectivity index (χ0n) is 11.1. The van der Waals surface area contributed by atoms with Crippen LogP contribution in [0.2, 0.25) is 5.15 Å². The summed E-state index contributed by atoms with van der Waals surface area (Å²) >= 11 is 5.83. The lowest BCUT2D eigenvalue weighted by molar-refractivity contribution is -0.0440. The molecule has 0 saturated carbocycles. The number of anilines is 1. The molecule has 19 heavy (non-hydrogen) atoms. The Morgan fingerprint density at radius 2 is 2.32 bits per heavy atom. The van der Waals surface area contributed by atoms with Crippen LogP contribution >= 0.6 is 11.6 Å². The number of carbonyl (C=O) groups is 1. The molecule has 1 aliphatic rings. The van der Waals surface area contributed by atoms with Gasteiger partial charge in [0.15, 0.2) is 0 Å². The maximum Gasteiger partial charge on any atom is 0.254 e. The lowest BCUT2D eigenvalue weighted by Crippen LogP contribution is -2.49. The third-order valence-electron chi connectivity index (χ3n) is 3.50. The van der Waals surface area contributed by atoms with Crippen LogP contribution in [0.4, 0.5) is 5.82 Å². The molecule has 1 atom stereocenters. The second kappa shape index (κ2) is 5.35. The van der Waals surface area contributed by atoms with Crippen LogP contribution in [0.1, 0.15) is 30.1 Å². The second-order valence-corrected chi connectivity index (χ2v) is 5.47. The Morgan fingerprint density at radius 1 is 1.58 bits per heavy atom. The van der Waals surface area contributed by atoms with Gasteiger partial charge in [-0.25, -0.2) is 4.98 Å². The van der Waals surface area contributed by atoms with Gasteiger partial charge in [0.1, 0.15) is 11.0 Å². The third-order valence-corrected chi connectivity index (χ3v) is 3.69. The number of carbonyl (C=O) groups excluding carboxylic acids is 1. The third kappa shape index (κ3) is 3.16. The summed E-state index contributed by atoms with van der Waals surface area (Å²) in [6, 6.07) is 3.09. The molecule has 2 rings (SSSR count). The maximum absolute atomic E-state index is 12.4. The highest BCUT2D eigenvalue weighted by atomic mass is 35.5. The van der Waals surface area contributed by atoms with Crippen molar-refractivity contribution < 1.29 is 9.53 Å². The van der Waals surface area contributed by atoms with Gasteiger partial charge in [0, 0.05) is 25.8 Å². The number of rotatable bonds is 2. The van der Waals surface area contributed by atoms with Crippen molar-refractivity contribution in [2.75, 3.05) is 25.9 Å². The summed E-state index contributed by atoms with van der Waals surface area (Å²) in [5.74, 6) is 0.168. The molecule has 5 nitrogen and oxygen atoms in total. The minimum atomic E-state index is -0.281. The Kier molecular flexibility index (Phi) is 3.96. The van der Waals surface area contributed by atoms with E-state index in [1.165, 1.54) is 0 Å². The first-order valence-electron chi connectivity index (χ1n) is 6.21. The van der Waals surface area contributed by atoms with Crippen LogP contribution in [0.3, 0.4) is 0 Å². The Labute approximate surface area is 117 Å². The van der Waals surface area contributed by atoms with E-state index in [0.29, 0.717) is 12.1 Å². The average molecular weight is 284 g/mol. The molecule has 0 bridgehead atoms. The van der Waals surface area contributed by atoms with Crippen molar-refractivity contribution in [1.82, 2.24) is 9.88 Å². The molecule has 0 spiro atoms. The molecule has 2 heterocycles. The zero-order valence-corrected chi connectivity index (χ0v) is 11.9. The van der Waals surface area contributed by atoms with Gasteiger partial charge in [0.2, 0.25) is 0 Å². The average Bonchev–Trinajstić information content (AvgIpc) is 2.37. The topological polar surface area (TPSA) is 68.5 Å². The van der Waals surface area contributed by atoms with Crippen LogP contribution in [0.15, 0.2) is 12.1 Å². The van der Waals surface area contributed by atoms with Crippen molar-refractivity contribution in [2.24, 2.45) is 0 Å². The van der Waals surface area contributed by atoms with Gasteiger partial charge in [0.25, 0.3) is 5.91 Å². The first-order chi connectivity index (χ1) is 8.93. The number of ether oxygens (including phenoxy) is 1. The number of pyridine rings is 1. The quantitative estimate of drug-likeness (QED) is 0.843. The van der Waals surface area contributed by atoms with Crippen LogP contribution in [0.25, 0.3) is 0 Å². The van der Waals surface area contributed by atoms with Crippen LogP contribution in [-0.2, 0) is 4.74 Å². The number of nitrogen functional groups attached to an aromatic ring is 1. The number of hydrogen-bond donors (Lipinski definition) is 1. The molecule has 1 aromatic rings. The predicted octanol–water partition coefficient (Wildman–Crippen LogP) is 1.96. The Balaban J connectivity index is 2.19. The van der Waals surface area contributed by atoms with Crippen molar-refractivity contribution in [3.05, 3.63) is 22.8 Å². The SMILES string of the molecule is COC1(C)CCCN(C(=O)c2cc(N)nc(Cl)c2)C1. The number of halogens is 1. The van der Waals surface area contributed by atoms with Gasteiger partial charge in [-0.2, -0.15) is 0 Å². The molecular formula is C13H18ClN3O2. The van der Waals surface area contributed by atoms with Gasteiger partial charge in [-0.05, 0) is 31.9 Å². The van der Waals surface area contributed by atoms with Gasteiger partial charge >= 0.3 is 0 Å². The van der Waals surface area contributed by atoms with E-state index in [-0.39, 0.29) is 22.5 Å². The van der Waals surface area contributed by atoms with Crippen LogP contribution in [-0.4, -0.2) is 41.6 Å². The lowest BCUT2D eigenvalue weighted by atomic mass is 9.94. The molecule has 2 N–H and O–H groups in total. The van der Waals surface area contributed by atoms with E-state index in [1.54, 1.807) is 24.1 Å². The van der Waals surface area contributed by atoms with Crippen LogP contribution in [0, 0.1) is 0 Å². The van der Waals surface area contributed by atoms with E-state index in [1.807, 2.05) is 6.92 Å². The number of nitrogens with two attached hydrogens (primary N) is 1.